The Morgan fingerprint density at radius 3 is 1.57 bits per heavy atom. The fraction of sp³-hybridized carbons (Fsp3) is 0. The van der Waals surface area contributed by atoms with Gasteiger partial charge in [0.25, 0.3) is 0 Å². The van der Waals surface area contributed by atoms with Crippen LogP contribution < -0.4 is 0 Å². The highest BCUT2D eigenvalue weighted by atomic mass is 32.2. The Balaban J connectivity index is 0.970. The third kappa shape index (κ3) is 4.24. The lowest BCUT2D eigenvalue weighted by molar-refractivity contribution is 0.668. The first-order chi connectivity index (χ1) is 26.2. The van der Waals surface area contributed by atoms with Crippen molar-refractivity contribution in [3.8, 4) is 11.4 Å². The van der Waals surface area contributed by atoms with Crippen LogP contribution >= 0.6 is 11.8 Å². The van der Waals surface area contributed by atoms with Crippen molar-refractivity contribution in [1.29, 1.82) is 0 Å². The summed E-state index contributed by atoms with van der Waals surface area (Å²) in [5.41, 5.74) is 11.2. The van der Waals surface area contributed by atoms with Gasteiger partial charge < -0.3 is 18.0 Å². The van der Waals surface area contributed by atoms with Gasteiger partial charge in [-0.15, -0.1) is 0 Å². The summed E-state index contributed by atoms with van der Waals surface area (Å²) < 4.78 is 17.0. The number of nitrogens with zero attached hydrogens (tertiary/aromatic N) is 3. The molecule has 0 N–H and O–H groups in total. The lowest BCUT2D eigenvalue weighted by atomic mass is 10.1. The Hall–Kier alpha value is -6.76. The summed E-state index contributed by atoms with van der Waals surface area (Å²) in [6.45, 7) is 0. The Bertz CT molecular complexity index is 3220. The van der Waals surface area contributed by atoms with E-state index in [2.05, 4.69) is 148 Å². The van der Waals surface area contributed by atoms with Crippen molar-refractivity contribution >= 4 is 99.4 Å². The smallest absolute Gasteiger partial charge is 0.153 e. The van der Waals surface area contributed by atoms with Gasteiger partial charge in [-0.25, -0.2) is 0 Å². The topological polar surface area (TPSA) is 49.0 Å². The van der Waals surface area contributed by atoms with Gasteiger partial charge in [0.1, 0.15) is 22.3 Å². The third-order valence-electron chi connectivity index (χ3n) is 10.6. The fourth-order valence-electron chi connectivity index (χ4n) is 8.30. The minimum Gasteiger partial charge on any atom is -0.456 e. The van der Waals surface area contributed by atoms with Gasteiger partial charge in [0.05, 0.1) is 22.1 Å². The first-order valence-electron chi connectivity index (χ1n) is 17.7. The van der Waals surface area contributed by atoms with Crippen LogP contribution in [0.2, 0.25) is 0 Å². The highest BCUT2D eigenvalue weighted by molar-refractivity contribution is 7.99. The summed E-state index contributed by atoms with van der Waals surface area (Å²) in [6, 6.07) is 56.1. The van der Waals surface area contributed by atoms with Gasteiger partial charge in [0, 0.05) is 65.1 Å². The Labute approximate surface area is 306 Å². The van der Waals surface area contributed by atoms with Gasteiger partial charge in [0.2, 0.25) is 0 Å². The van der Waals surface area contributed by atoms with Gasteiger partial charge in [-0.05, 0) is 103 Å². The molecule has 0 aliphatic rings. The van der Waals surface area contributed by atoms with E-state index < -0.39 is 0 Å². The largest absolute Gasteiger partial charge is 0.456 e. The van der Waals surface area contributed by atoms with E-state index in [9.17, 15) is 0 Å². The highest BCUT2D eigenvalue weighted by Crippen LogP contribution is 2.41. The van der Waals surface area contributed by atoms with Crippen LogP contribution in [0.25, 0.3) is 99.0 Å². The van der Waals surface area contributed by atoms with Crippen molar-refractivity contribution in [2.24, 2.45) is 0 Å². The van der Waals surface area contributed by atoms with Crippen molar-refractivity contribution in [1.82, 2.24) is 14.1 Å². The van der Waals surface area contributed by atoms with Crippen LogP contribution in [0.3, 0.4) is 0 Å². The number of furan rings is 2. The van der Waals surface area contributed by atoms with Crippen LogP contribution in [0.5, 0.6) is 0 Å². The molecule has 0 bridgehead atoms. The van der Waals surface area contributed by atoms with Gasteiger partial charge in [0.15, 0.2) is 5.58 Å². The van der Waals surface area contributed by atoms with E-state index in [0.717, 1.165) is 60.9 Å². The SMILES string of the molecule is c1ccc2c(c1)oc1ccc(-n3c4ccccc4c4cc(Sc5ccc6c(c5)c5ccccc5n6-c5ccc6oc7cccnc7c6c5)ccc43)cc12. The monoisotopic (exact) mass is 697 g/mol. The summed E-state index contributed by atoms with van der Waals surface area (Å²) in [5, 5.41) is 8.19. The molecule has 7 aromatic carbocycles. The number of aromatic nitrogens is 3. The van der Waals surface area contributed by atoms with E-state index in [1.54, 1.807) is 11.8 Å². The van der Waals surface area contributed by atoms with Crippen LogP contribution in [0, 0.1) is 0 Å². The average Bonchev–Trinajstić information content (AvgIpc) is 3.95. The van der Waals surface area contributed by atoms with E-state index in [4.69, 9.17) is 8.83 Å². The molecule has 0 aliphatic heterocycles. The predicted octanol–water partition coefficient (Wildman–Crippen LogP) is 13.2. The zero-order valence-corrected chi connectivity index (χ0v) is 29.0. The molecular formula is C47H27N3O2S. The molecule has 0 aliphatic carbocycles. The number of para-hydroxylation sites is 3. The average molecular weight is 698 g/mol. The fourth-order valence-corrected chi connectivity index (χ4v) is 9.20. The van der Waals surface area contributed by atoms with Gasteiger partial charge in [-0.1, -0.05) is 66.4 Å². The second-order valence-electron chi connectivity index (χ2n) is 13.6. The van der Waals surface area contributed by atoms with Crippen LogP contribution in [0.1, 0.15) is 0 Å². The van der Waals surface area contributed by atoms with Crippen molar-refractivity contribution in [2.45, 2.75) is 9.79 Å². The molecule has 0 saturated carbocycles. The van der Waals surface area contributed by atoms with Crippen LogP contribution in [0.4, 0.5) is 0 Å². The van der Waals surface area contributed by atoms with Gasteiger partial charge in [-0.2, -0.15) is 0 Å². The quantitative estimate of drug-likeness (QED) is 0.184. The second kappa shape index (κ2) is 10.9. The number of hydrogen-bond acceptors (Lipinski definition) is 4. The molecule has 12 aromatic rings. The normalized spacial score (nSPS) is 12.2. The van der Waals surface area contributed by atoms with E-state index in [-0.39, 0.29) is 0 Å². The van der Waals surface area contributed by atoms with E-state index >= 15 is 0 Å². The molecule has 0 saturated heterocycles. The number of fused-ring (bicyclic) bond motifs is 12. The molecule has 5 heterocycles. The second-order valence-corrected chi connectivity index (χ2v) is 14.7. The summed E-state index contributed by atoms with van der Waals surface area (Å²) in [7, 11) is 0. The molecule has 12 rings (SSSR count). The van der Waals surface area contributed by atoms with E-state index in [1.807, 2.05) is 30.5 Å². The summed E-state index contributed by atoms with van der Waals surface area (Å²) in [6.07, 6.45) is 1.82. The van der Waals surface area contributed by atoms with Crippen LogP contribution in [-0.2, 0) is 0 Å². The zero-order chi connectivity index (χ0) is 34.6. The van der Waals surface area contributed by atoms with Crippen molar-refractivity contribution in [2.75, 3.05) is 0 Å². The molecule has 0 spiro atoms. The van der Waals surface area contributed by atoms with Crippen molar-refractivity contribution in [3.05, 3.63) is 164 Å². The Morgan fingerprint density at radius 1 is 0.377 bits per heavy atom. The van der Waals surface area contributed by atoms with Gasteiger partial charge in [-0.3, -0.25) is 4.98 Å². The van der Waals surface area contributed by atoms with Crippen LogP contribution in [-0.4, -0.2) is 14.1 Å². The maximum absolute atomic E-state index is 6.15. The minimum absolute atomic E-state index is 0.802. The maximum Gasteiger partial charge on any atom is 0.153 e. The summed E-state index contributed by atoms with van der Waals surface area (Å²) in [5.74, 6) is 0. The van der Waals surface area contributed by atoms with Gasteiger partial charge >= 0.3 is 0 Å². The number of rotatable bonds is 4. The molecule has 5 nitrogen and oxygen atoms in total. The highest BCUT2D eigenvalue weighted by Gasteiger charge is 2.18. The summed E-state index contributed by atoms with van der Waals surface area (Å²) in [4.78, 5) is 7.02. The number of hydrogen-bond donors (Lipinski definition) is 0. The zero-order valence-electron chi connectivity index (χ0n) is 28.2. The third-order valence-corrected chi connectivity index (χ3v) is 11.6. The Morgan fingerprint density at radius 2 is 0.887 bits per heavy atom. The Kier molecular flexibility index (Phi) is 5.93. The summed E-state index contributed by atoms with van der Waals surface area (Å²) >= 11 is 1.80. The minimum atomic E-state index is 0.802. The molecule has 0 atom stereocenters. The molecule has 0 amide bonds. The molecule has 248 valence electrons. The molecule has 5 aromatic heterocycles. The van der Waals surface area contributed by atoms with Crippen molar-refractivity contribution in [3.63, 3.8) is 0 Å². The molecule has 0 unspecified atom stereocenters. The lowest BCUT2D eigenvalue weighted by Gasteiger charge is -2.09. The molecule has 53 heavy (non-hydrogen) atoms. The lowest BCUT2D eigenvalue weighted by Crippen LogP contribution is -1.93. The standard InChI is InChI=1S/C47H27N3O2S/c1-4-11-39-32(8-1)35-26-30(17-19-41(35)49(39)28-15-21-44-37(24-28)34-10-3-6-13-43(34)51-44)53-31-18-20-42-36(27-31)33-9-2-5-12-40(33)50(42)29-16-22-45-38(25-29)47-46(52-45)14-7-23-48-47/h1-27H. The molecule has 6 heteroatoms. The predicted molar refractivity (Wildman–Crippen MR) is 218 cm³/mol. The number of pyridine rings is 1. The molecule has 0 fully saturated rings. The van der Waals surface area contributed by atoms with Crippen molar-refractivity contribution < 1.29 is 8.83 Å². The first kappa shape index (κ1) is 28.9. The molecular weight excluding hydrogens is 671 g/mol. The van der Waals surface area contributed by atoms with Crippen LogP contribution in [0.15, 0.2) is 183 Å². The molecule has 0 radical (unpaired) electrons. The maximum atomic E-state index is 6.15. The van der Waals surface area contributed by atoms with E-state index in [0.29, 0.717) is 0 Å². The number of benzene rings is 7. The van der Waals surface area contributed by atoms with E-state index in [1.165, 1.54) is 47.9 Å². The first-order valence-corrected chi connectivity index (χ1v) is 18.5.